The average Bonchev–Trinajstić information content (AvgIpc) is 2.58. The Morgan fingerprint density at radius 1 is 1.00 bits per heavy atom. The number of hydrogen-bond acceptors (Lipinski definition) is 1. The molecule has 0 saturated carbocycles. The SMILES string of the molecule is C#Cc1ccc(-c2ccc(CC)cc2)cc1CCCCNC. The highest BCUT2D eigenvalue weighted by Gasteiger charge is 2.04. The van der Waals surface area contributed by atoms with E-state index in [1.807, 2.05) is 7.05 Å². The Morgan fingerprint density at radius 3 is 2.36 bits per heavy atom. The molecule has 0 unspecified atom stereocenters. The van der Waals surface area contributed by atoms with Gasteiger partial charge in [-0.3, -0.25) is 0 Å². The van der Waals surface area contributed by atoms with Crippen molar-refractivity contribution in [1.82, 2.24) is 5.32 Å². The molecule has 0 bridgehead atoms. The highest BCUT2D eigenvalue weighted by molar-refractivity contribution is 5.66. The quantitative estimate of drug-likeness (QED) is 0.587. The summed E-state index contributed by atoms with van der Waals surface area (Å²) in [5, 5.41) is 3.19. The monoisotopic (exact) mass is 291 g/mol. The van der Waals surface area contributed by atoms with Crippen molar-refractivity contribution in [1.29, 1.82) is 0 Å². The van der Waals surface area contributed by atoms with Crippen molar-refractivity contribution < 1.29 is 0 Å². The van der Waals surface area contributed by atoms with Crippen LogP contribution < -0.4 is 5.32 Å². The molecule has 0 aliphatic heterocycles. The van der Waals surface area contributed by atoms with Crippen molar-refractivity contribution in [3.8, 4) is 23.5 Å². The van der Waals surface area contributed by atoms with E-state index in [9.17, 15) is 0 Å². The van der Waals surface area contributed by atoms with E-state index in [4.69, 9.17) is 6.42 Å². The summed E-state index contributed by atoms with van der Waals surface area (Å²) in [6, 6.07) is 15.3. The van der Waals surface area contributed by atoms with Crippen LogP contribution in [0.2, 0.25) is 0 Å². The Bertz CT molecular complexity index is 632. The molecule has 114 valence electrons. The molecule has 2 aromatic carbocycles. The molecule has 0 radical (unpaired) electrons. The highest BCUT2D eigenvalue weighted by Crippen LogP contribution is 2.24. The lowest BCUT2D eigenvalue weighted by molar-refractivity contribution is 0.677. The Labute approximate surface area is 134 Å². The van der Waals surface area contributed by atoms with E-state index in [1.54, 1.807) is 0 Å². The summed E-state index contributed by atoms with van der Waals surface area (Å²) in [6.45, 7) is 3.24. The largest absolute Gasteiger partial charge is 0.320 e. The fraction of sp³-hybridized carbons (Fsp3) is 0.333. The van der Waals surface area contributed by atoms with Crippen LogP contribution >= 0.6 is 0 Å². The van der Waals surface area contributed by atoms with Gasteiger partial charge in [-0.2, -0.15) is 0 Å². The average molecular weight is 291 g/mol. The summed E-state index contributed by atoms with van der Waals surface area (Å²) in [5.74, 6) is 2.82. The van der Waals surface area contributed by atoms with E-state index in [1.165, 1.54) is 28.7 Å². The Kier molecular flexibility index (Phi) is 6.25. The minimum Gasteiger partial charge on any atom is -0.320 e. The third-order valence-corrected chi connectivity index (χ3v) is 4.08. The molecule has 0 aliphatic rings. The zero-order valence-corrected chi connectivity index (χ0v) is 13.7. The number of aryl methyl sites for hydroxylation is 2. The van der Waals surface area contributed by atoms with Crippen LogP contribution in [0, 0.1) is 12.3 Å². The van der Waals surface area contributed by atoms with Crippen LogP contribution in [0.3, 0.4) is 0 Å². The van der Waals surface area contributed by atoms with Gasteiger partial charge in [-0.05, 0) is 73.7 Å². The summed E-state index contributed by atoms with van der Waals surface area (Å²) >= 11 is 0. The van der Waals surface area contributed by atoms with Crippen LogP contribution in [0.1, 0.15) is 36.5 Å². The Balaban J connectivity index is 2.20. The second kappa shape index (κ2) is 8.41. The Morgan fingerprint density at radius 2 is 1.73 bits per heavy atom. The molecule has 0 heterocycles. The first-order valence-electron chi connectivity index (χ1n) is 8.12. The van der Waals surface area contributed by atoms with Crippen molar-refractivity contribution in [2.24, 2.45) is 0 Å². The third-order valence-electron chi connectivity index (χ3n) is 4.08. The summed E-state index contributed by atoms with van der Waals surface area (Å²) in [5.41, 5.74) is 6.20. The molecule has 0 atom stereocenters. The van der Waals surface area contributed by atoms with Gasteiger partial charge in [-0.1, -0.05) is 43.2 Å². The van der Waals surface area contributed by atoms with Gasteiger partial charge in [0.25, 0.3) is 0 Å². The highest BCUT2D eigenvalue weighted by atomic mass is 14.8. The standard InChI is InChI=1S/C21H25N/c1-4-17-9-11-19(12-10-17)21-14-13-18(5-2)20(16-21)8-6-7-15-22-3/h2,9-14,16,22H,4,6-8,15H2,1,3H3. The first kappa shape index (κ1) is 16.3. The molecule has 0 saturated heterocycles. The van der Waals surface area contributed by atoms with Gasteiger partial charge in [0.15, 0.2) is 0 Å². The number of terminal acetylenes is 1. The first-order chi connectivity index (χ1) is 10.8. The predicted octanol–water partition coefficient (Wildman–Crippen LogP) is 4.44. The van der Waals surface area contributed by atoms with E-state index < -0.39 is 0 Å². The lowest BCUT2D eigenvalue weighted by atomic mass is 9.95. The van der Waals surface area contributed by atoms with Crippen LogP contribution in [0.4, 0.5) is 0 Å². The van der Waals surface area contributed by atoms with Crippen LogP contribution in [0.5, 0.6) is 0 Å². The predicted molar refractivity (Wildman–Crippen MR) is 96.1 cm³/mol. The lowest BCUT2D eigenvalue weighted by Gasteiger charge is -2.09. The number of unbranched alkanes of at least 4 members (excludes halogenated alkanes) is 1. The van der Waals surface area contributed by atoms with Crippen LogP contribution in [0.25, 0.3) is 11.1 Å². The first-order valence-corrected chi connectivity index (χ1v) is 8.12. The molecule has 22 heavy (non-hydrogen) atoms. The van der Waals surface area contributed by atoms with Gasteiger partial charge >= 0.3 is 0 Å². The van der Waals surface area contributed by atoms with Crippen molar-refractivity contribution in [3.05, 3.63) is 59.2 Å². The van der Waals surface area contributed by atoms with Gasteiger partial charge in [0.05, 0.1) is 0 Å². The number of nitrogens with one attached hydrogen (secondary N) is 1. The minimum atomic E-state index is 1.03. The summed E-state index contributed by atoms with van der Waals surface area (Å²) in [4.78, 5) is 0. The third kappa shape index (κ3) is 4.23. The van der Waals surface area contributed by atoms with Crippen molar-refractivity contribution in [3.63, 3.8) is 0 Å². The fourth-order valence-electron chi connectivity index (χ4n) is 2.67. The normalized spacial score (nSPS) is 10.4. The topological polar surface area (TPSA) is 12.0 Å². The maximum Gasteiger partial charge on any atom is 0.0275 e. The van der Waals surface area contributed by atoms with Gasteiger partial charge in [0.2, 0.25) is 0 Å². The minimum absolute atomic E-state index is 1.03. The van der Waals surface area contributed by atoms with Crippen LogP contribution in [-0.4, -0.2) is 13.6 Å². The molecule has 2 rings (SSSR count). The molecule has 1 nitrogen and oxygen atoms in total. The molecule has 0 aromatic heterocycles. The summed E-state index contributed by atoms with van der Waals surface area (Å²) in [7, 11) is 1.99. The molecule has 0 fully saturated rings. The van der Waals surface area contributed by atoms with Gasteiger partial charge in [0.1, 0.15) is 0 Å². The molecule has 1 N–H and O–H groups in total. The number of rotatable bonds is 7. The van der Waals surface area contributed by atoms with E-state index in [0.717, 1.165) is 31.4 Å². The summed E-state index contributed by atoms with van der Waals surface area (Å²) < 4.78 is 0. The number of hydrogen-bond donors (Lipinski definition) is 1. The van der Waals surface area contributed by atoms with Gasteiger partial charge in [-0.25, -0.2) is 0 Å². The zero-order chi connectivity index (χ0) is 15.8. The van der Waals surface area contributed by atoms with E-state index >= 15 is 0 Å². The number of benzene rings is 2. The maximum absolute atomic E-state index is 5.65. The van der Waals surface area contributed by atoms with E-state index in [-0.39, 0.29) is 0 Å². The Hall–Kier alpha value is -2.04. The molecular weight excluding hydrogens is 266 g/mol. The molecule has 0 aliphatic carbocycles. The van der Waals surface area contributed by atoms with Crippen molar-refractivity contribution in [2.45, 2.75) is 32.6 Å². The van der Waals surface area contributed by atoms with Crippen LogP contribution in [-0.2, 0) is 12.8 Å². The van der Waals surface area contributed by atoms with Gasteiger partial charge in [-0.15, -0.1) is 6.42 Å². The lowest BCUT2D eigenvalue weighted by Crippen LogP contribution is -2.07. The van der Waals surface area contributed by atoms with Crippen LogP contribution in [0.15, 0.2) is 42.5 Å². The van der Waals surface area contributed by atoms with Crippen molar-refractivity contribution >= 4 is 0 Å². The maximum atomic E-state index is 5.65. The molecule has 2 aromatic rings. The smallest absolute Gasteiger partial charge is 0.0275 e. The second-order valence-corrected chi connectivity index (χ2v) is 5.63. The van der Waals surface area contributed by atoms with Gasteiger partial charge in [0, 0.05) is 5.56 Å². The molecular formula is C21H25N. The van der Waals surface area contributed by atoms with Crippen molar-refractivity contribution in [2.75, 3.05) is 13.6 Å². The van der Waals surface area contributed by atoms with E-state index in [0.29, 0.717) is 0 Å². The summed E-state index contributed by atoms with van der Waals surface area (Å²) in [6.07, 6.45) is 10.1. The molecule has 0 spiro atoms. The zero-order valence-electron chi connectivity index (χ0n) is 13.7. The van der Waals surface area contributed by atoms with Gasteiger partial charge < -0.3 is 5.32 Å². The molecule has 0 amide bonds. The van der Waals surface area contributed by atoms with E-state index in [2.05, 4.69) is 60.6 Å². The molecule has 1 heteroatoms. The fourth-order valence-corrected chi connectivity index (χ4v) is 2.67. The second-order valence-electron chi connectivity index (χ2n) is 5.63.